The molecule has 1 saturated heterocycles. The van der Waals surface area contributed by atoms with Gasteiger partial charge in [-0.1, -0.05) is 0 Å². The number of nitrogens with one attached hydrogen (secondary N) is 2. The largest absolute Gasteiger partial charge is 0.416 e. The maximum Gasteiger partial charge on any atom is 0.416 e. The molecule has 170 valence electrons. The number of halogens is 3. The SMILES string of the molecule is CNC(=O)c1ccc(NC(=O)C2CCN(C(=O)c3ccc(C(F)(F)F)cc3)CC2)c(C)c1. The predicted octanol–water partition coefficient (Wildman–Crippen LogP) is 3.86. The first-order chi connectivity index (χ1) is 15.1. The molecule has 6 nitrogen and oxygen atoms in total. The number of hydrogen-bond acceptors (Lipinski definition) is 3. The summed E-state index contributed by atoms with van der Waals surface area (Å²) in [6, 6.07) is 9.15. The van der Waals surface area contributed by atoms with Gasteiger partial charge < -0.3 is 15.5 Å². The fourth-order valence-electron chi connectivity index (χ4n) is 3.65. The van der Waals surface area contributed by atoms with Gasteiger partial charge in [-0.05, 0) is 67.8 Å². The third kappa shape index (κ3) is 5.27. The third-order valence-electron chi connectivity index (χ3n) is 5.59. The van der Waals surface area contributed by atoms with Crippen LogP contribution in [-0.2, 0) is 11.0 Å². The van der Waals surface area contributed by atoms with Crippen LogP contribution in [0.15, 0.2) is 42.5 Å². The first kappa shape index (κ1) is 23.3. The van der Waals surface area contributed by atoms with Gasteiger partial charge in [-0.3, -0.25) is 14.4 Å². The number of anilines is 1. The summed E-state index contributed by atoms with van der Waals surface area (Å²) in [5.41, 5.74) is 1.26. The van der Waals surface area contributed by atoms with E-state index >= 15 is 0 Å². The van der Waals surface area contributed by atoms with E-state index in [9.17, 15) is 27.6 Å². The van der Waals surface area contributed by atoms with Gasteiger partial charge in [0.1, 0.15) is 0 Å². The highest BCUT2D eigenvalue weighted by molar-refractivity contribution is 5.97. The fourth-order valence-corrected chi connectivity index (χ4v) is 3.65. The minimum atomic E-state index is -4.45. The van der Waals surface area contributed by atoms with Gasteiger partial charge in [0.05, 0.1) is 5.56 Å². The smallest absolute Gasteiger partial charge is 0.355 e. The molecule has 0 saturated carbocycles. The second-order valence-electron chi connectivity index (χ2n) is 7.74. The van der Waals surface area contributed by atoms with Gasteiger partial charge in [0.2, 0.25) is 5.91 Å². The Morgan fingerprint density at radius 2 is 1.56 bits per heavy atom. The lowest BCUT2D eigenvalue weighted by Crippen LogP contribution is -2.41. The van der Waals surface area contributed by atoms with Crippen molar-refractivity contribution in [2.75, 3.05) is 25.5 Å². The number of piperidine rings is 1. The number of amides is 3. The van der Waals surface area contributed by atoms with Crippen molar-refractivity contribution in [2.45, 2.75) is 25.9 Å². The molecule has 0 radical (unpaired) electrons. The lowest BCUT2D eigenvalue weighted by molar-refractivity contribution is -0.137. The zero-order valence-corrected chi connectivity index (χ0v) is 17.8. The first-order valence-corrected chi connectivity index (χ1v) is 10.2. The predicted molar refractivity (Wildman–Crippen MR) is 113 cm³/mol. The second-order valence-corrected chi connectivity index (χ2v) is 7.74. The van der Waals surface area contributed by atoms with Gasteiger partial charge in [0, 0.05) is 42.9 Å². The van der Waals surface area contributed by atoms with Crippen LogP contribution in [0.4, 0.5) is 18.9 Å². The van der Waals surface area contributed by atoms with Gasteiger partial charge in [0.25, 0.3) is 11.8 Å². The van der Waals surface area contributed by atoms with Gasteiger partial charge in [-0.15, -0.1) is 0 Å². The van der Waals surface area contributed by atoms with E-state index in [1.54, 1.807) is 37.1 Å². The monoisotopic (exact) mass is 447 g/mol. The van der Waals surface area contributed by atoms with E-state index in [0.717, 1.165) is 17.7 Å². The molecule has 0 spiro atoms. The quantitative estimate of drug-likeness (QED) is 0.747. The van der Waals surface area contributed by atoms with E-state index in [4.69, 9.17) is 0 Å². The highest BCUT2D eigenvalue weighted by atomic mass is 19.4. The molecule has 9 heteroatoms. The Balaban J connectivity index is 1.56. The third-order valence-corrected chi connectivity index (χ3v) is 5.59. The summed E-state index contributed by atoms with van der Waals surface area (Å²) in [6.45, 7) is 2.48. The van der Waals surface area contributed by atoms with E-state index in [-0.39, 0.29) is 29.2 Å². The van der Waals surface area contributed by atoms with Crippen molar-refractivity contribution in [1.29, 1.82) is 0 Å². The Bertz CT molecular complexity index is 1010. The van der Waals surface area contributed by atoms with Crippen molar-refractivity contribution in [2.24, 2.45) is 5.92 Å². The van der Waals surface area contributed by atoms with Crippen LogP contribution in [0.25, 0.3) is 0 Å². The molecule has 1 fully saturated rings. The molecule has 1 aliphatic rings. The Morgan fingerprint density at radius 3 is 2.09 bits per heavy atom. The van der Waals surface area contributed by atoms with Crippen LogP contribution in [0, 0.1) is 12.8 Å². The zero-order valence-electron chi connectivity index (χ0n) is 17.8. The van der Waals surface area contributed by atoms with Crippen molar-refractivity contribution in [1.82, 2.24) is 10.2 Å². The minimum absolute atomic E-state index is 0.164. The molecule has 3 rings (SSSR count). The average molecular weight is 447 g/mol. The number of benzene rings is 2. The summed E-state index contributed by atoms with van der Waals surface area (Å²) < 4.78 is 38.1. The lowest BCUT2D eigenvalue weighted by Gasteiger charge is -2.31. The summed E-state index contributed by atoms with van der Waals surface area (Å²) in [7, 11) is 1.54. The summed E-state index contributed by atoms with van der Waals surface area (Å²) in [5.74, 6) is -1.01. The molecule has 3 amide bonds. The van der Waals surface area contributed by atoms with E-state index in [1.165, 1.54) is 12.1 Å². The number of likely N-dealkylation sites (tertiary alicyclic amines) is 1. The van der Waals surface area contributed by atoms with E-state index in [1.807, 2.05) is 0 Å². The standard InChI is InChI=1S/C23H24F3N3O3/c1-14-13-17(20(30)27-2)5-8-19(14)28-21(31)15-9-11-29(12-10-15)22(32)16-3-6-18(7-4-16)23(24,25)26/h3-8,13,15H,9-12H2,1-2H3,(H,27,30)(H,28,31). The maximum atomic E-state index is 12.7. The summed E-state index contributed by atoms with van der Waals surface area (Å²) in [4.78, 5) is 38.5. The number of alkyl halides is 3. The molecule has 0 bridgehead atoms. The average Bonchev–Trinajstić information content (AvgIpc) is 2.79. The first-order valence-electron chi connectivity index (χ1n) is 10.2. The maximum absolute atomic E-state index is 12.7. The number of rotatable bonds is 4. The van der Waals surface area contributed by atoms with Gasteiger partial charge in [0.15, 0.2) is 0 Å². The van der Waals surface area contributed by atoms with Gasteiger partial charge in [-0.2, -0.15) is 13.2 Å². The highest BCUT2D eigenvalue weighted by Gasteiger charge is 2.31. The molecule has 32 heavy (non-hydrogen) atoms. The van der Waals surface area contributed by atoms with Crippen LogP contribution >= 0.6 is 0 Å². The fraction of sp³-hybridized carbons (Fsp3) is 0.348. The second kappa shape index (κ2) is 9.42. The molecule has 2 aromatic carbocycles. The van der Waals surface area contributed by atoms with Crippen LogP contribution in [-0.4, -0.2) is 42.8 Å². The number of nitrogens with zero attached hydrogens (tertiary/aromatic N) is 1. The van der Waals surface area contributed by atoms with Crippen LogP contribution in [0.1, 0.15) is 44.7 Å². The summed E-state index contributed by atoms with van der Waals surface area (Å²) in [6.07, 6.45) is -3.55. The van der Waals surface area contributed by atoms with Crippen LogP contribution in [0.5, 0.6) is 0 Å². The molecule has 0 aromatic heterocycles. The van der Waals surface area contributed by atoms with Crippen LogP contribution in [0.2, 0.25) is 0 Å². The summed E-state index contributed by atoms with van der Waals surface area (Å²) in [5, 5.41) is 5.43. The van der Waals surface area contributed by atoms with E-state index in [2.05, 4.69) is 10.6 Å². The minimum Gasteiger partial charge on any atom is -0.355 e. The number of carbonyl (C=O) groups excluding carboxylic acids is 3. The van der Waals surface area contributed by atoms with E-state index in [0.29, 0.717) is 37.2 Å². The number of carbonyl (C=O) groups is 3. The summed E-state index contributed by atoms with van der Waals surface area (Å²) >= 11 is 0. The van der Waals surface area contributed by atoms with Crippen molar-refractivity contribution in [3.63, 3.8) is 0 Å². The molecule has 1 heterocycles. The van der Waals surface area contributed by atoms with Crippen LogP contribution < -0.4 is 10.6 Å². The number of hydrogen-bond donors (Lipinski definition) is 2. The number of aryl methyl sites for hydroxylation is 1. The molecule has 0 aliphatic carbocycles. The molecule has 0 unspecified atom stereocenters. The Morgan fingerprint density at radius 1 is 0.969 bits per heavy atom. The molecule has 2 aromatic rings. The zero-order chi connectivity index (χ0) is 23.5. The van der Waals surface area contributed by atoms with Crippen LogP contribution in [0.3, 0.4) is 0 Å². The highest BCUT2D eigenvalue weighted by Crippen LogP contribution is 2.29. The van der Waals surface area contributed by atoms with Crippen molar-refractivity contribution in [3.05, 3.63) is 64.7 Å². The molecular formula is C23H24F3N3O3. The molecule has 2 N–H and O–H groups in total. The topological polar surface area (TPSA) is 78.5 Å². The molecular weight excluding hydrogens is 423 g/mol. The normalized spacial score (nSPS) is 14.7. The van der Waals surface area contributed by atoms with Crippen molar-refractivity contribution < 1.29 is 27.6 Å². The molecule has 1 aliphatic heterocycles. The van der Waals surface area contributed by atoms with Gasteiger partial charge >= 0.3 is 6.18 Å². The Labute approximate surface area is 183 Å². The lowest BCUT2D eigenvalue weighted by atomic mass is 9.95. The van der Waals surface area contributed by atoms with Crippen molar-refractivity contribution in [3.8, 4) is 0 Å². The Hall–Kier alpha value is -3.36. The van der Waals surface area contributed by atoms with Gasteiger partial charge in [-0.25, -0.2) is 0 Å². The van der Waals surface area contributed by atoms with E-state index < -0.39 is 11.7 Å². The Kier molecular flexibility index (Phi) is 6.86. The molecule has 0 atom stereocenters. The van der Waals surface area contributed by atoms with Crippen molar-refractivity contribution >= 4 is 23.4 Å².